The normalized spacial score (nSPS) is 10.6. The summed E-state index contributed by atoms with van der Waals surface area (Å²) in [5.74, 6) is 0.260. The molecule has 0 saturated heterocycles. The number of carbonyl (C=O) groups is 1. The first kappa shape index (κ1) is 18.7. The van der Waals surface area contributed by atoms with Crippen molar-refractivity contribution in [2.24, 2.45) is 0 Å². The third-order valence-electron chi connectivity index (χ3n) is 3.64. The molecule has 0 atom stereocenters. The van der Waals surface area contributed by atoms with Crippen LogP contribution in [0.2, 0.25) is 10.0 Å². The molecule has 0 radical (unpaired) electrons. The van der Waals surface area contributed by atoms with Gasteiger partial charge >= 0.3 is 0 Å². The van der Waals surface area contributed by atoms with Crippen molar-refractivity contribution in [2.75, 3.05) is 6.61 Å². The van der Waals surface area contributed by atoms with E-state index in [0.29, 0.717) is 22.3 Å². The number of ether oxygens (including phenoxy) is 1. The molecule has 0 saturated carbocycles. The average Bonchev–Trinajstić information content (AvgIpc) is 3.00. The number of nitrogens with one attached hydrogen (secondary N) is 1. The van der Waals surface area contributed by atoms with Gasteiger partial charge in [-0.1, -0.05) is 53.5 Å². The van der Waals surface area contributed by atoms with Crippen LogP contribution < -0.4 is 10.1 Å². The number of hydrogen-bond donors (Lipinski definition) is 1. The lowest BCUT2D eigenvalue weighted by molar-refractivity contribution is -0.123. The van der Waals surface area contributed by atoms with Crippen LogP contribution in [0.15, 0.2) is 48.5 Å². The summed E-state index contributed by atoms with van der Waals surface area (Å²) in [7, 11) is 0. The zero-order chi connectivity index (χ0) is 18.5. The third kappa shape index (κ3) is 4.55. The summed E-state index contributed by atoms with van der Waals surface area (Å²) < 4.78 is 5.43. The highest BCUT2D eigenvalue weighted by Crippen LogP contribution is 2.32. The molecular formula is C19H16Cl2N2O2S. The highest BCUT2D eigenvalue weighted by molar-refractivity contribution is 7.15. The van der Waals surface area contributed by atoms with Gasteiger partial charge in [-0.3, -0.25) is 4.79 Å². The Morgan fingerprint density at radius 1 is 1.12 bits per heavy atom. The van der Waals surface area contributed by atoms with E-state index in [9.17, 15) is 4.79 Å². The Hall–Kier alpha value is -2.08. The minimum Gasteiger partial charge on any atom is -0.482 e. The van der Waals surface area contributed by atoms with Crippen molar-refractivity contribution in [3.8, 4) is 16.3 Å². The lowest BCUT2D eigenvalue weighted by Crippen LogP contribution is -2.28. The predicted molar refractivity (Wildman–Crippen MR) is 106 cm³/mol. The van der Waals surface area contributed by atoms with Crippen molar-refractivity contribution in [1.29, 1.82) is 0 Å². The second kappa shape index (κ2) is 8.54. The zero-order valence-corrected chi connectivity index (χ0v) is 16.3. The molecule has 1 heterocycles. The first-order valence-electron chi connectivity index (χ1n) is 7.90. The predicted octanol–water partition coefficient (Wildman–Crippen LogP) is 5.12. The number of aryl methyl sites for hydroxylation is 1. The minimum absolute atomic E-state index is 0.0983. The van der Waals surface area contributed by atoms with Gasteiger partial charge in [-0.05, 0) is 25.1 Å². The van der Waals surface area contributed by atoms with E-state index in [1.54, 1.807) is 24.3 Å². The van der Waals surface area contributed by atoms with E-state index in [1.165, 1.54) is 11.3 Å². The van der Waals surface area contributed by atoms with E-state index >= 15 is 0 Å². The Bertz CT molecular complexity index is 927. The second-order valence-corrected chi connectivity index (χ2v) is 7.40. The van der Waals surface area contributed by atoms with Gasteiger partial charge in [-0.25, -0.2) is 4.98 Å². The van der Waals surface area contributed by atoms with Crippen LogP contribution in [0.1, 0.15) is 10.6 Å². The molecule has 0 spiro atoms. The van der Waals surface area contributed by atoms with Gasteiger partial charge in [0.05, 0.1) is 22.3 Å². The highest BCUT2D eigenvalue weighted by atomic mass is 35.5. The Balaban J connectivity index is 1.59. The summed E-state index contributed by atoms with van der Waals surface area (Å²) in [6, 6.07) is 14.6. The largest absolute Gasteiger partial charge is 0.482 e. The molecule has 1 aromatic heterocycles. The standard InChI is InChI=1S/C19H16Cl2N2O2S/c1-12-17(26-19(23-12)13-6-2-3-7-14(13)20)10-22-18(24)11-25-16-9-5-4-8-15(16)21/h2-9H,10-11H2,1H3,(H,22,24). The summed E-state index contributed by atoms with van der Waals surface area (Å²) in [5.41, 5.74) is 1.76. The van der Waals surface area contributed by atoms with Crippen molar-refractivity contribution in [2.45, 2.75) is 13.5 Å². The Morgan fingerprint density at radius 3 is 2.54 bits per heavy atom. The lowest BCUT2D eigenvalue weighted by Gasteiger charge is -2.08. The smallest absolute Gasteiger partial charge is 0.258 e. The SMILES string of the molecule is Cc1nc(-c2ccccc2Cl)sc1CNC(=O)COc1ccccc1Cl. The molecule has 0 aliphatic carbocycles. The van der Waals surface area contributed by atoms with Crippen molar-refractivity contribution in [1.82, 2.24) is 10.3 Å². The van der Waals surface area contributed by atoms with Gasteiger partial charge < -0.3 is 10.1 Å². The maximum Gasteiger partial charge on any atom is 0.258 e. The number of para-hydroxylation sites is 1. The molecule has 7 heteroatoms. The van der Waals surface area contributed by atoms with Gasteiger partial charge in [0.15, 0.2) is 6.61 Å². The fourth-order valence-electron chi connectivity index (χ4n) is 2.28. The Morgan fingerprint density at radius 2 is 1.81 bits per heavy atom. The molecule has 2 aromatic carbocycles. The maximum absolute atomic E-state index is 12.0. The maximum atomic E-state index is 12.0. The van der Waals surface area contributed by atoms with Crippen LogP contribution in [0.4, 0.5) is 0 Å². The van der Waals surface area contributed by atoms with Gasteiger partial charge in [0.2, 0.25) is 0 Å². The number of thiazole rings is 1. The van der Waals surface area contributed by atoms with E-state index in [4.69, 9.17) is 27.9 Å². The van der Waals surface area contributed by atoms with Gasteiger partial charge in [0.25, 0.3) is 5.91 Å². The Kier molecular flexibility index (Phi) is 6.14. The number of aromatic nitrogens is 1. The number of amides is 1. The van der Waals surface area contributed by atoms with E-state index in [0.717, 1.165) is 21.1 Å². The minimum atomic E-state index is -0.225. The topological polar surface area (TPSA) is 51.2 Å². The van der Waals surface area contributed by atoms with Crippen LogP contribution in [0.5, 0.6) is 5.75 Å². The van der Waals surface area contributed by atoms with Crippen molar-refractivity contribution in [3.63, 3.8) is 0 Å². The summed E-state index contributed by atoms with van der Waals surface area (Å²) >= 11 is 13.7. The molecular weight excluding hydrogens is 391 g/mol. The number of carbonyl (C=O) groups excluding carboxylic acids is 1. The van der Waals surface area contributed by atoms with Crippen LogP contribution >= 0.6 is 34.5 Å². The molecule has 0 fully saturated rings. The number of nitrogens with zero attached hydrogens (tertiary/aromatic N) is 1. The third-order valence-corrected chi connectivity index (χ3v) is 5.47. The van der Waals surface area contributed by atoms with Gasteiger partial charge in [0.1, 0.15) is 10.8 Å². The highest BCUT2D eigenvalue weighted by Gasteiger charge is 2.13. The molecule has 0 unspecified atom stereocenters. The first-order chi connectivity index (χ1) is 12.5. The molecule has 3 aromatic rings. The molecule has 134 valence electrons. The first-order valence-corrected chi connectivity index (χ1v) is 9.47. The van der Waals surface area contributed by atoms with E-state index in [2.05, 4.69) is 10.3 Å². The molecule has 0 aliphatic heterocycles. The zero-order valence-electron chi connectivity index (χ0n) is 14.0. The molecule has 26 heavy (non-hydrogen) atoms. The summed E-state index contributed by atoms with van der Waals surface area (Å²) in [6.07, 6.45) is 0. The summed E-state index contributed by atoms with van der Waals surface area (Å²) in [4.78, 5) is 17.6. The van der Waals surface area contributed by atoms with Gasteiger partial charge in [-0.15, -0.1) is 11.3 Å². The van der Waals surface area contributed by atoms with E-state index in [1.807, 2.05) is 31.2 Å². The number of hydrogen-bond acceptors (Lipinski definition) is 4. The van der Waals surface area contributed by atoms with Crippen LogP contribution in [-0.2, 0) is 11.3 Å². The van der Waals surface area contributed by atoms with Crippen molar-refractivity contribution >= 4 is 40.4 Å². The molecule has 1 N–H and O–H groups in total. The Labute approximate surface area is 165 Å². The van der Waals surface area contributed by atoms with Crippen LogP contribution in [0, 0.1) is 6.92 Å². The number of halogens is 2. The second-order valence-electron chi connectivity index (χ2n) is 5.50. The van der Waals surface area contributed by atoms with Gasteiger partial charge in [-0.2, -0.15) is 0 Å². The molecule has 0 bridgehead atoms. The summed E-state index contributed by atoms with van der Waals surface area (Å²) in [5, 5.41) is 4.81. The van der Waals surface area contributed by atoms with Gasteiger partial charge in [0, 0.05) is 10.4 Å². The fraction of sp³-hybridized carbons (Fsp3) is 0.158. The molecule has 4 nitrogen and oxygen atoms in total. The summed E-state index contributed by atoms with van der Waals surface area (Å²) in [6.45, 7) is 2.20. The van der Waals surface area contributed by atoms with Crippen LogP contribution in [0.25, 0.3) is 10.6 Å². The van der Waals surface area contributed by atoms with Crippen molar-refractivity contribution in [3.05, 3.63) is 69.1 Å². The van der Waals surface area contributed by atoms with Crippen molar-refractivity contribution < 1.29 is 9.53 Å². The number of benzene rings is 2. The van der Waals surface area contributed by atoms with Crippen LogP contribution in [-0.4, -0.2) is 17.5 Å². The van der Waals surface area contributed by atoms with Crippen LogP contribution in [0.3, 0.4) is 0 Å². The molecule has 1 amide bonds. The monoisotopic (exact) mass is 406 g/mol. The quantitative estimate of drug-likeness (QED) is 0.617. The molecule has 0 aliphatic rings. The van der Waals surface area contributed by atoms with E-state index < -0.39 is 0 Å². The van der Waals surface area contributed by atoms with E-state index in [-0.39, 0.29) is 12.5 Å². The lowest BCUT2D eigenvalue weighted by atomic mass is 10.2. The number of rotatable bonds is 6. The molecule has 3 rings (SSSR count). The fourth-order valence-corrected chi connectivity index (χ4v) is 3.79. The average molecular weight is 407 g/mol.